The van der Waals surface area contributed by atoms with Crippen LogP contribution in [0.3, 0.4) is 0 Å². The van der Waals surface area contributed by atoms with Gasteiger partial charge in [0, 0.05) is 58.4 Å². The number of ketones is 2. The number of benzene rings is 1. The minimum absolute atomic E-state index is 0.116. The zero-order valence-electron chi connectivity index (χ0n) is 21.5. The summed E-state index contributed by atoms with van der Waals surface area (Å²) in [5.41, 5.74) is 4.32. The Balaban J connectivity index is 1.97. The van der Waals surface area contributed by atoms with Crippen molar-refractivity contribution in [2.75, 3.05) is 13.2 Å². The van der Waals surface area contributed by atoms with E-state index >= 15 is 0 Å². The molecule has 0 saturated heterocycles. The van der Waals surface area contributed by atoms with Crippen LogP contribution in [0.4, 0.5) is 0 Å². The van der Waals surface area contributed by atoms with E-state index in [1.54, 1.807) is 0 Å². The van der Waals surface area contributed by atoms with Crippen molar-refractivity contribution in [3.63, 3.8) is 0 Å². The van der Waals surface area contributed by atoms with E-state index in [-0.39, 0.29) is 22.4 Å². The molecule has 0 fully saturated rings. The number of ether oxygens (including phenoxy) is 1. The Labute approximate surface area is 209 Å². The molecule has 3 aliphatic rings. The lowest BCUT2D eigenvalue weighted by Crippen LogP contribution is -2.44. The van der Waals surface area contributed by atoms with Crippen LogP contribution in [0.5, 0.6) is 5.75 Å². The molecule has 184 valence electrons. The third kappa shape index (κ3) is 4.58. The second kappa shape index (κ2) is 9.18. The fraction of sp³-hybridized carbons (Fsp3) is 0.586. The van der Waals surface area contributed by atoms with Crippen LogP contribution in [0.2, 0.25) is 5.02 Å². The average molecular weight is 484 g/mol. The van der Waals surface area contributed by atoms with Crippen molar-refractivity contribution < 1.29 is 14.3 Å². The van der Waals surface area contributed by atoms with Gasteiger partial charge < -0.3 is 9.64 Å². The van der Waals surface area contributed by atoms with Gasteiger partial charge in [-0.3, -0.25) is 9.59 Å². The molecule has 5 heteroatoms. The van der Waals surface area contributed by atoms with Gasteiger partial charge in [-0.05, 0) is 55.2 Å². The Kier molecular flexibility index (Phi) is 6.76. The van der Waals surface area contributed by atoms with Crippen LogP contribution in [0, 0.1) is 10.8 Å². The van der Waals surface area contributed by atoms with Crippen molar-refractivity contribution in [2.24, 2.45) is 10.8 Å². The molecule has 0 radical (unpaired) electrons. The molecule has 4 nitrogen and oxygen atoms in total. The van der Waals surface area contributed by atoms with Gasteiger partial charge in [-0.2, -0.15) is 0 Å². The fourth-order valence-electron chi connectivity index (χ4n) is 5.94. The summed E-state index contributed by atoms with van der Waals surface area (Å²) in [6.45, 7) is 14.2. The van der Waals surface area contributed by atoms with Crippen LogP contribution in [0.15, 0.2) is 40.7 Å². The lowest BCUT2D eigenvalue weighted by Gasteiger charge is -2.49. The zero-order valence-corrected chi connectivity index (χ0v) is 22.3. The highest BCUT2D eigenvalue weighted by molar-refractivity contribution is 6.30. The predicted molar refractivity (Wildman–Crippen MR) is 137 cm³/mol. The van der Waals surface area contributed by atoms with Crippen molar-refractivity contribution in [1.82, 2.24) is 4.90 Å². The molecule has 1 aliphatic heterocycles. The smallest absolute Gasteiger partial charge is 0.162 e. The van der Waals surface area contributed by atoms with Crippen LogP contribution in [-0.4, -0.2) is 29.6 Å². The number of carbonyl (C=O) groups is 2. The average Bonchev–Trinajstić information content (AvgIpc) is 2.72. The fourth-order valence-corrected chi connectivity index (χ4v) is 6.12. The first-order chi connectivity index (χ1) is 16.0. The molecule has 2 aliphatic carbocycles. The number of Topliss-reactive ketones (excluding diaryl/α,β-unsaturated/α-hetero) is 2. The number of nitrogens with zero attached hydrogens (tertiary/aromatic N) is 1. The summed E-state index contributed by atoms with van der Waals surface area (Å²) in [6.07, 6.45) is 4.57. The Bertz CT molecular complexity index is 1020. The van der Waals surface area contributed by atoms with E-state index in [0.29, 0.717) is 24.5 Å². The van der Waals surface area contributed by atoms with Crippen molar-refractivity contribution in [3.8, 4) is 5.75 Å². The van der Waals surface area contributed by atoms with Crippen LogP contribution in [0.25, 0.3) is 0 Å². The van der Waals surface area contributed by atoms with Gasteiger partial charge in [0.25, 0.3) is 0 Å². The van der Waals surface area contributed by atoms with Crippen molar-refractivity contribution in [3.05, 3.63) is 51.3 Å². The summed E-state index contributed by atoms with van der Waals surface area (Å²) in [4.78, 5) is 29.8. The number of carbonyl (C=O) groups excluding carboxylic acids is 2. The number of hydrogen-bond acceptors (Lipinski definition) is 4. The standard InChI is InChI=1S/C29H38ClNO3/c1-7-9-12-34-24-11-10-18(30)13-19(24)25-26-20(14-28(3,4)16-22(26)32)31(8-2)21-15-29(5,6)17-23(33)27(21)25/h10-11,13,25H,7-9,12,14-17H2,1-6H3. The van der Waals surface area contributed by atoms with E-state index < -0.39 is 5.92 Å². The van der Waals surface area contributed by atoms with Gasteiger partial charge >= 0.3 is 0 Å². The minimum Gasteiger partial charge on any atom is -0.493 e. The van der Waals surface area contributed by atoms with Crippen molar-refractivity contribution in [2.45, 2.75) is 86.0 Å². The lowest BCUT2D eigenvalue weighted by atomic mass is 9.63. The highest BCUT2D eigenvalue weighted by Crippen LogP contribution is 2.55. The third-order valence-electron chi connectivity index (χ3n) is 7.38. The molecule has 34 heavy (non-hydrogen) atoms. The highest BCUT2D eigenvalue weighted by Gasteiger charge is 2.49. The predicted octanol–water partition coefficient (Wildman–Crippen LogP) is 7.22. The van der Waals surface area contributed by atoms with Crippen LogP contribution in [-0.2, 0) is 9.59 Å². The van der Waals surface area contributed by atoms with Gasteiger partial charge in [0.1, 0.15) is 5.75 Å². The molecule has 0 amide bonds. The van der Waals surface area contributed by atoms with Crippen molar-refractivity contribution in [1.29, 1.82) is 0 Å². The van der Waals surface area contributed by atoms with Crippen molar-refractivity contribution >= 4 is 23.2 Å². The quantitative estimate of drug-likeness (QED) is 0.400. The first kappa shape index (κ1) is 25.0. The van der Waals surface area contributed by atoms with E-state index in [1.165, 1.54) is 0 Å². The van der Waals surface area contributed by atoms with Crippen LogP contribution < -0.4 is 4.74 Å². The second-order valence-corrected chi connectivity index (χ2v) is 12.1. The molecule has 0 bridgehead atoms. The molecule has 4 rings (SSSR count). The topological polar surface area (TPSA) is 46.6 Å². The molecule has 0 aromatic heterocycles. The van der Waals surface area contributed by atoms with E-state index in [2.05, 4.69) is 46.4 Å². The maximum absolute atomic E-state index is 13.8. The highest BCUT2D eigenvalue weighted by atomic mass is 35.5. The van der Waals surface area contributed by atoms with E-state index in [4.69, 9.17) is 16.3 Å². The number of rotatable bonds is 6. The first-order valence-corrected chi connectivity index (χ1v) is 13.1. The second-order valence-electron chi connectivity index (χ2n) is 11.7. The van der Waals surface area contributed by atoms with Gasteiger partial charge in [0.2, 0.25) is 0 Å². The molecule has 1 heterocycles. The van der Waals surface area contributed by atoms with Crippen LogP contribution >= 0.6 is 11.6 Å². The maximum atomic E-state index is 13.8. The van der Waals surface area contributed by atoms with Gasteiger partial charge in [-0.25, -0.2) is 0 Å². The van der Waals surface area contributed by atoms with E-state index in [1.807, 2.05) is 18.2 Å². The maximum Gasteiger partial charge on any atom is 0.162 e. The van der Waals surface area contributed by atoms with Gasteiger partial charge in [-0.1, -0.05) is 52.6 Å². The summed E-state index contributed by atoms with van der Waals surface area (Å²) in [5, 5.41) is 0.590. The molecule has 0 spiro atoms. The van der Waals surface area contributed by atoms with Crippen LogP contribution in [0.1, 0.15) is 91.5 Å². The Morgan fingerprint density at radius 3 is 2.00 bits per heavy atom. The number of hydrogen-bond donors (Lipinski definition) is 0. The zero-order chi connectivity index (χ0) is 24.8. The molecule has 1 aromatic carbocycles. The Hall–Kier alpha value is -2.07. The largest absolute Gasteiger partial charge is 0.493 e. The van der Waals surface area contributed by atoms with E-state index in [0.717, 1.165) is 66.1 Å². The Morgan fingerprint density at radius 2 is 1.50 bits per heavy atom. The van der Waals surface area contributed by atoms with E-state index in [9.17, 15) is 9.59 Å². The number of unbranched alkanes of at least 4 members (excludes halogenated alkanes) is 1. The molecule has 0 N–H and O–H groups in total. The lowest BCUT2D eigenvalue weighted by molar-refractivity contribution is -0.119. The molecule has 1 aromatic rings. The molecule has 0 saturated carbocycles. The molecular formula is C29H38ClNO3. The third-order valence-corrected chi connectivity index (χ3v) is 7.61. The normalized spacial score (nSPS) is 22.1. The number of halogens is 1. The minimum atomic E-state index is -0.421. The first-order valence-electron chi connectivity index (χ1n) is 12.7. The summed E-state index contributed by atoms with van der Waals surface area (Å²) in [5.74, 6) is 0.578. The summed E-state index contributed by atoms with van der Waals surface area (Å²) >= 11 is 6.50. The molecule has 0 atom stereocenters. The summed E-state index contributed by atoms with van der Waals surface area (Å²) < 4.78 is 6.21. The molecule has 0 unspecified atom stereocenters. The Morgan fingerprint density at radius 1 is 0.941 bits per heavy atom. The van der Waals surface area contributed by atoms with Gasteiger partial charge in [-0.15, -0.1) is 0 Å². The monoisotopic (exact) mass is 483 g/mol. The SMILES string of the molecule is CCCCOc1ccc(Cl)cc1C1C2=C(CC(C)(C)CC2=O)N(CC)C2=C1C(=O)CC(C)(C)C2. The molecular weight excluding hydrogens is 446 g/mol. The van der Waals surface area contributed by atoms with Gasteiger partial charge in [0.15, 0.2) is 11.6 Å². The summed E-state index contributed by atoms with van der Waals surface area (Å²) in [6, 6.07) is 5.63. The number of allylic oxidation sites excluding steroid dienone is 4. The summed E-state index contributed by atoms with van der Waals surface area (Å²) in [7, 11) is 0. The van der Waals surface area contributed by atoms with Gasteiger partial charge in [0.05, 0.1) is 6.61 Å².